The van der Waals surface area contributed by atoms with Gasteiger partial charge >= 0.3 is 7.60 Å². The number of rotatable bonds is 17. The van der Waals surface area contributed by atoms with Crippen LogP contribution in [-0.2, 0) is 20.0 Å². The van der Waals surface area contributed by atoms with Crippen LogP contribution in [-0.4, -0.2) is 37.8 Å². The molecule has 9 heteroatoms. The van der Waals surface area contributed by atoms with E-state index in [0.717, 1.165) is 25.0 Å². The smallest absolute Gasteiger partial charge is 0.341 e. The van der Waals surface area contributed by atoms with E-state index in [1.165, 1.54) is 57.8 Å². The Kier molecular flexibility index (Phi) is 15.0. The summed E-state index contributed by atoms with van der Waals surface area (Å²) < 4.78 is 22.4. The quantitative estimate of drug-likeness (QED) is 0.182. The summed E-state index contributed by atoms with van der Waals surface area (Å²) in [5.41, 5.74) is 0. The summed E-state index contributed by atoms with van der Waals surface area (Å²) in [5, 5.41) is -1.96. The van der Waals surface area contributed by atoms with Crippen LogP contribution >= 0.6 is 15.2 Å². The van der Waals surface area contributed by atoms with Crippen molar-refractivity contribution in [3.63, 3.8) is 0 Å². The van der Waals surface area contributed by atoms with Crippen LogP contribution in [0.15, 0.2) is 0 Å². The van der Waals surface area contributed by atoms with Gasteiger partial charge in [0.05, 0.1) is 6.26 Å². The maximum atomic E-state index is 11.3. The second-order valence-corrected chi connectivity index (χ2v) is 13.4. The van der Waals surface area contributed by atoms with Crippen LogP contribution < -0.4 is 4.89 Å². The van der Waals surface area contributed by atoms with E-state index in [9.17, 15) is 14.0 Å². The molecule has 0 aliphatic carbocycles. The lowest BCUT2D eigenvalue weighted by Gasteiger charge is -2.26. The van der Waals surface area contributed by atoms with Gasteiger partial charge < -0.3 is 24.1 Å². The summed E-state index contributed by atoms with van der Waals surface area (Å²) in [4.78, 5) is 38.5. The van der Waals surface area contributed by atoms with Crippen LogP contribution in [0.2, 0.25) is 0 Å². The Labute approximate surface area is 162 Å². The first-order valence-corrected chi connectivity index (χ1v) is 15.1. The second kappa shape index (κ2) is 14.6. The van der Waals surface area contributed by atoms with Crippen LogP contribution in [0.25, 0.3) is 0 Å². The molecule has 3 atom stereocenters. The Bertz CT molecular complexity index is 415. The molecule has 0 aliphatic rings. The van der Waals surface area contributed by atoms with Crippen LogP contribution in [0.1, 0.15) is 84.0 Å². The lowest BCUT2D eigenvalue weighted by atomic mass is 10.1. The maximum Gasteiger partial charge on any atom is 0.341 e. The van der Waals surface area contributed by atoms with Crippen LogP contribution in [0.5, 0.6) is 0 Å². The zero-order valence-corrected chi connectivity index (χ0v) is 19.0. The minimum atomic E-state index is -5.03. The summed E-state index contributed by atoms with van der Waals surface area (Å²) in [6.45, 7) is 2.23. The van der Waals surface area contributed by atoms with Crippen molar-refractivity contribution in [2.45, 2.75) is 89.4 Å². The monoisotopic (exact) mass is 432 g/mol. The Morgan fingerprint density at radius 1 is 0.808 bits per heavy atom. The summed E-state index contributed by atoms with van der Waals surface area (Å²) in [6, 6.07) is 0. The molecule has 6 nitrogen and oxygen atoms in total. The highest BCUT2D eigenvalue weighted by Crippen LogP contribution is 2.57. The predicted octanol–water partition coefficient (Wildman–Crippen LogP) is 3.99. The summed E-state index contributed by atoms with van der Waals surface area (Å²) >= 11 is 0. The maximum absolute atomic E-state index is 11.3. The fourth-order valence-corrected chi connectivity index (χ4v) is 8.86. The average Bonchev–Trinajstić information content (AvgIpc) is 2.51. The average molecular weight is 433 g/mol. The molecule has 0 aromatic rings. The SMILES string of the molecule is CCCCCCCCCCCCCC[S+](C)CC(P(=O)([O-])O)P(=O)(O)O. The van der Waals surface area contributed by atoms with Gasteiger partial charge in [-0.25, -0.2) is 0 Å². The predicted molar refractivity (Wildman–Crippen MR) is 110 cm³/mol. The summed E-state index contributed by atoms with van der Waals surface area (Å²) in [6.07, 6.45) is 16.7. The molecule has 0 amide bonds. The van der Waals surface area contributed by atoms with Crippen molar-refractivity contribution in [3.8, 4) is 0 Å². The zero-order valence-electron chi connectivity index (χ0n) is 16.3. The second-order valence-electron chi connectivity index (χ2n) is 7.18. The van der Waals surface area contributed by atoms with E-state index in [1.807, 2.05) is 0 Å². The first-order chi connectivity index (χ1) is 12.1. The van der Waals surface area contributed by atoms with Crippen LogP contribution in [0.3, 0.4) is 0 Å². The molecule has 0 spiro atoms. The van der Waals surface area contributed by atoms with Gasteiger partial charge in [0.2, 0.25) is 0 Å². The highest BCUT2D eigenvalue weighted by molar-refractivity contribution is 7.97. The van der Waals surface area contributed by atoms with E-state index in [4.69, 9.17) is 14.7 Å². The molecule has 0 bridgehead atoms. The number of hydrogen-bond donors (Lipinski definition) is 3. The Balaban J connectivity index is 3.69. The first kappa shape index (κ1) is 26.6. The third kappa shape index (κ3) is 14.7. The molecule has 0 fully saturated rings. The molecule has 0 saturated carbocycles. The van der Waals surface area contributed by atoms with E-state index in [2.05, 4.69) is 6.92 Å². The molecule has 0 heterocycles. The van der Waals surface area contributed by atoms with Crippen molar-refractivity contribution in [3.05, 3.63) is 0 Å². The fourth-order valence-electron chi connectivity index (χ4n) is 2.91. The standard InChI is InChI=1S/C17H38O6P2S/c1-3-4-5-6-7-8-9-10-11-12-13-14-15-26(2)16-17(24(18,19)20)25(21,22)23/h17H,3-16H2,1-2H3,(H3-,18,19,20,21,22,23). The van der Waals surface area contributed by atoms with E-state index in [-0.39, 0.29) is 5.75 Å². The van der Waals surface area contributed by atoms with E-state index in [0.29, 0.717) is 0 Å². The largest absolute Gasteiger partial charge is 0.778 e. The van der Waals surface area contributed by atoms with Crippen molar-refractivity contribution < 1.29 is 28.7 Å². The lowest BCUT2D eigenvalue weighted by Crippen LogP contribution is -2.27. The van der Waals surface area contributed by atoms with Gasteiger partial charge in [-0.1, -0.05) is 71.1 Å². The Morgan fingerprint density at radius 3 is 1.54 bits per heavy atom. The van der Waals surface area contributed by atoms with Crippen molar-refractivity contribution in [2.24, 2.45) is 0 Å². The highest BCUT2D eigenvalue weighted by Gasteiger charge is 2.41. The normalized spacial score (nSPS) is 17.0. The third-order valence-electron chi connectivity index (χ3n) is 4.54. The molecular weight excluding hydrogens is 394 g/mol. The summed E-state index contributed by atoms with van der Waals surface area (Å²) in [7, 11) is -10.3. The molecule has 3 unspecified atom stereocenters. The van der Waals surface area contributed by atoms with Crippen LogP contribution in [0, 0.1) is 0 Å². The minimum absolute atomic E-state index is 0.167. The van der Waals surface area contributed by atoms with Gasteiger partial charge in [0.25, 0.3) is 0 Å². The molecule has 3 N–H and O–H groups in total. The minimum Gasteiger partial charge on any atom is -0.778 e. The molecule has 158 valence electrons. The van der Waals surface area contributed by atoms with E-state index < -0.39 is 31.5 Å². The molecular formula is C17H38O6P2S. The molecule has 0 saturated heterocycles. The van der Waals surface area contributed by atoms with E-state index in [1.54, 1.807) is 6.26 Å². The van der Waals surface area contributed by atoms with Gasteiger partial charge in [-0.2, -0.15) is 0 Å². The Morgan fingerprint density at radius 2 is 1.19 bits per heavy atom. The van der Waals surface area contributed by atoms with Gasteiger partial charge in [0, 0.05) is 0 Å². The fraction of sp³-hybridized carbons (Fsp3) is 1.00. The van der Waals surface area contributed by atoms with Gasteiger partial charge in [-0.3, -0.25) is 4.57 Å². The number of unbranched alkanes of at least 4 members (excludes halogenated alkanes) is 11. The van der Waals surface area contributed by atoms with Crippen molar-refractivity contribution >= 4 is 26.1 Å². The highest BCUT2D eigenvalue weighted by atomic mass is 32.2. The molecule has 26 heavy (non-hydrogen) atoms. The van der Waals surface area contributed by atoms with Crippen LogP contribution in [0.4, 0.5) is 0 Å². The molecule has 0 rings (SSSR count). The topological polar surface area (TPSA) is 118 Å². The van der Waals surface area contributed by atoms with Gasteiger partial charge in [0.15, 0.2) is 13.0 Å². The van der Waals surface area contributed by atoms with E-state index >= 15 is 0 Å². The lowest BCUT2D eigenvalue weighted by molar-refractivity contribution is -0.194. The third-order valence-corrected chi connectivity index (χ3v) is 10.6. The van der Waals surface area contributed by atoms with Gasteiger partial charge in [-0.05, 0) is 23.7 Å². The number of hydrogen-bond acceptors (Lipinski definition) is 3. The first-order valence-electron chi connectivity index (χ1n) is 9.77. The van der Waals surface area contributed by atoms with Gasteiger partial charge in [0.1, 0.15) is 11.5 Å². The van der Waals surface area contributed by atoms with Crippen molar-refractivity contribution in [1.82, 2.24) is 0 Å². The molecule has 0 aromatic carbocycles. The van der Waals surface area contributed by atoms with Crippen molar-refractivity contribution in [2.75, 3.05) is 17.8 Å². The summed E-state index contributed by atoms with van der Waals surface area (Å²) in [5.74, 6) is 0.577. The molecule has 0 aromatic heterocycles. The van der Waals surface area contributed by atoms with Gasteiger partial charge in [-0.15, -0.1) is 0 Å². The Hall–Kier alpha value is 0.650. The molecule has 0 aliphatic heterocycles. The molecule has 0 radical (unpaired) electrons. The van der Waals surface area contributed by atoms with Crippen molar-refractivity contribution in [1.29, 1.82) is 0 Å². The zero-order chi connectivity index (χ0) is 20.1.